The topological polar surface area (TPSA) is 56.6 Å². The summed E-state index contributed by atoms with van der Waals surface area (Å²) in [6.45, 7) is 2.95. The van der Waals surface area contributed by atoms with Crippen LogP contribution in [0.3, 0.4) is 0 Å². The SMILES string of the molecule is CCc1nn(-c2ccccc2)c(Oc2ccccc2F)c1CN(CC1CCCO1)C(=O)c1ccccc1F. The first-order valence-electron chi connectivity index (χ1n) is 12.8. The monoisotopic (exact) mass is 517 g/mol. The van der Waals surface area contributed by atoms with Gasteiger partial charge in [0.1, 0.15) is 5.82 Å². The number of rotatable bonds is 9. The number of hydrogen-bond donors (Lipinski definition) is 0. The maximum atomic E-state index is 14.7. The number of benzene rings is 3. The van der Waals surface area contributed by atoms with Crippen molar-refractivity contribution in [3.8, 4) is 17.3 Å². The molecule has 0 N–H and O–H groups in total. The number of halogens is 2. The van der Waals surface area contributed by atoms with Gasteiger partial charge in [-0.2, -0.15) is 5.10 Å². The standard InChI is InChI=1S/C30H29F2N3O3/c1-2-27-24(20-34(19-22-13-10-18-37-22)29(36)23-14-6-7-15-25(23)31)30(38-28-17-9-8-16-26(28)32)35(33-27)21-11-4-3-5-12-21/h3-9,11-12,14-17,22H,2,10,13,18-20H2,1H3. The maximum absolute atomic E-state index is 14.7. The fourth-order valence-electron chi connectivity index (χ4n) is 4.65. The first-order valence-corrected chi connectivity index (χ1v) is 12.8. The fourth-order valence-corrected chi connectivity index (χ4v) is 4.65. The van der Waals surface area contributed by atoms with E-state index >= 15 is 0 Å². The number of aromatic nitrogens is 2. The van der Waals surface area contributed by atoms with Gasteiger partial charge in [0.25, 0.3) is 5.91 Å². The fraction of sp³-hybridized carbons (Fsp3) is 0.267. The molecule has 8 heteroatoms. The lowest BCUT2D eigenvalue weighted by molar-refractivity contribution is 0.0502. The van der Waals surface area contributed by atoms with E-state index in [2.05, 4.69) is 0 Å². The highest BCUT2D eigenvalue weighted by Gasteiger charge is 2.29. The van der Waals surface area contributed by atoms with Crippen LogP contribution in [0, 0.1) is 11.6 Å². The van der Waals surface area contributed by atoms with E-state index in [0.717, 1.165) is 18.5 Å². The number of nitrogens with zero attached hydrogens (tertiary/aromatic N) is 3. The summed E-state index contributed by atoms with van der Waals surface area (Å²) in [5.74, 6) is -1.22. The maximum Gasteiger partial charge on any atom is 0.257 e. The Labute approximate surface area is 220 Å². The second-order valence-electron chi connectivity index (χ2n) is 9.16. The van der Waals surface area contributed by atoms with Crippen molar-refractivity contribution >= 4 is 5.91 Å². The second-order valence-corrected chi connectivity index (χ2v) is 9.16. The predicted molar refractivity (Wildman–Crippen MR) is 140 cm³/mol. The molecular formula is C30H29F2N3O3. The van der Waals surface area contributed by atoms with Gasteiger partial charge in [0, 0.05) is 13.2 Å². The molecule has 196 valence electrons. The molecule has 1 aromatic heterocycles. The Bertz CT molecular complexity index is 1400. The highest BCUT2D eigenvalue weighted by molar-refractivity contribution is 5.94. The first-order chi connectivity index (χ1) is 18.5. The number of aryl methyl sites for hydroxylation is 1. The van der Waals surface area contributed by atoms with Crippen molar-refractivity contribution in [1.82, 2.24) is 14.7 Å². The van der Waals surface area contributed by atoms with Gasteiger partial charge in [-0.15, -0.1) is 0 Å². The minimum atomic E-state index is -0.589. The van der Waals surface area contributed by atoms with Crippen molar-refractivity contribution in [2.24, 2.45) is 0 Å². The molecule has 6 nitrogen and oxygen atoms in total. The van der Waals surface area contributed by atoms with Gasteiger partial charge in [-0.1, -0.05) is 49.4 Å². The first kappa shape index (κ1) is 25.6. The lowest BCUT2D eigenvalue weighted by Crippen LogP contribution is -2.37. The van der Waals surface area contributed by atoms with Gasteiger partial charge in [-0.25, -0.2) is 13.5 Å². The van der Waals surface area contributed by atoms with Gasteiger partial charge in [0.15, 0.2) is 11.6 Å². The van der Waals surface area contributed by atoms with Gasteiger partial charge in [-0.05, 0) is 55.7 Å². The summed E-state index contributed by atoms with van der Waals surface area (Å²) in [7, 11) is 0. The van der Waals surface area contributed by atoms with Gasteiger partial charge >= 0.3 is 0 Å². The molecule has 38 heavy (non-hydrogen) atoms. The zero-order chi connectivity index (χ0) is 26.5. The largest absolute Gasteiger partial charge is 0.435 e. The molecule has 4 aromatic rings. The Morgan fingerprint density at radius 2 is 1.74 bits per heavy atom. The summed E-state index contributed by atoms with van der Waals surface area (Å²) in [4.78, 5) is 15.2. The van der Waals surface area contributed by atoms with Crippen LogP contribution in [-0.2, 0) is 17.7 Å². The van der Waals surface area contributed by atoms with E-state index < -0.39 is 17.5 Å². The summed E-state index contributed by atoms with van der Waals surface area (Å²) in [6, 6.07) is 21.5. The zero-order valence-corrected chi connectivity index (χ0v) is 21.1. The highest BCUT2D eigenvalue weighted by atomic mass is 19.1. The molecule has 1 aliphatic heterocycles. The van der Waals surface area contributed by atoms with Gasteiger partial charge in [0.05, 0.1) is 35.2 Å². The number of para-hydroxylation sites is 2. The van der Waals surface area contributed by atoms with Crippen LogP contribution in [0.5, 0.6) is 11.6 Å². The Kier molecular flexibility index (Phi) is 7.79. The molecule has 1 atom stereocenters. The molecular weight excluding hydrogens is 488 g/mol. The molecule has 1 aliphatic rings. The van der Waals surface area contributed by atoms with Crippen LogP contribution in [0.2, 0.25) is 0 Å². The molecule has 3 aromatic carbocycles. The van der Waals surface area contributed by atoms with Crippen molar-refractivity contribution in [2.75, 3.05) is 13.2 Å². The van der Waals surface area contributed by atoms with Crippen molar-refractivity contribution in [2.45, 2.75) is 38.8 Å². The van der Waals surface area contributed by atoms with Gasteiger partial charge < -0.3 is 14.4 Å². The van der Waals surface area contributed by atoms with E-state index in [1.165, 1.54) is 18.2 Å². The predicted octanol–water partition coefficient (Wildman–Crippen LogP) is 6.33. The van der Waals surface area contributed by atoms with Crippen LogP contribution in [0.1, 0.15) is 41.4 Å². The van der Waals surface area contributed by atoms with Crippen LogP contribution >= 0.6 is 0 Å². The quantitative estimate of drug-likeness (QED) is 0.261. The average molecular weight is 518 g/mol. The third-order valence-electron chi connectivity index (χ3n) is 6.59. The molecule has 5 rings (SSSR count). The molecule has 1 unspecified atom stereocenters. The normalized spacial score (nSPS) is 15.0. The minimum Gasteiger partial charge on any atom is -0.435 e. The van der Waals surface area contributed by atoms with E-state index in [1.54, 1.807) is 39.9 Å². The third-order valence-corrected chi connectivity index (χ3v) is 6.59. The van der Waals surface area contributed by atoms with Crippen LogP contribution in [0.15, 0.2) is 78.9 Å². The number of amides is 1. The molecule has 0 bridgehead atoms. The molecule has 1 fully saturated rings. The summed E-state index contributed by atoms with van der Waals surface area (Å²) >= 11 is 0. The highest BCUT2D eigenvalue weighted by Crippen LogP contribution is 2.34. The number of carbonyl (C=O) groups excluding carboxylic acids is 1. The number of carbonyl (C=O) groups is 1. The average Bonchev–Trinajstić information content (AvgIpc) is 3.58. The van der Waals surface area contributed by atoms with Crippen LogP contribution in [-0.4, -0.2) is 39.8 Å². The number of hydrogen-bond acceptors (Lipinski definition) is 4. The van der Waals surface area contributed by atoms with Gasteiger partial charge in [-0.3, -0.25) is 4.79 Å². The lowest BCUT2D eigenvalue weighted by atomic mass is 10.1. The lowest BCUT2D eigenvalue weighted by Gasteiger charge is -2.26. The Hall–Kier alpha value is -4.04. The molecule has 0 aliphatic carbocycles. The van der Waals surface area contributed by atoms with E-state index in [-0.39, 0.29) is 30.5 Å². The summed E-state index contributed by atoms with van der Waals surface area (Å²) < 4.78 is 43.0. The third kappa shape index (κ3) is 5.45. The van der Waals surface area contributed by atoms with E-state index in [4.69, 9.17) is 14.6 Å². The summed E-state index contributed by atoms with van der Waals surface area (Å²) in [5, 5.41) is 4.79. The van der Waals surface area contributed by atoms with Crippen LogP contribution < -0.4 is 4.74 Å². The van der Waals surface area contributed by atoms with E-state index in [1.807, 2.05) is 37.3 Å². The molecule has 0 spiro atoms. The minimum absolute atomic E-state index is 0.0180. The summed E-state index contributed by atoms with van der Waals surface area (Å²) in [6.07, 6.45) is 2.10. The number of ether oxygens (including phenoxy) is 2. The van der Waals surface area contributed by atoms with Crippen molar-refractivity contribution < 1.29 is 23.0 Å². The Morgan fingerprint density at radius 3 is 2.42 bits per heavy atom. The Morgan fingerprint density at radius 1 is 1.03 bits per heavy atom. The van der Waals surface area contributed by atoms with Crippen LogP contribution in [0.4, 0.5) is 8.78 Å². The molecule has 2 heterocycles. The summed E-state index contributed by atoms with van der Waals surface area (Å²) in [5.41, 5.74) is 2.03. The van der Waals surface area contributed by atoms with Crippen molar-refractivity contribution in [1.29, 1.82) is 0 Å². The molecule has 0 radical (unpaired) electrons. The zero-order valence-electron chi connectivity index (χ0n) is 21.1. The second kappa shape index (κ2) is 11.6. The van der Waals surface area contributed by atoms with E-state index in [0.29, 0.717) is 30.2 Å². The van der Waals surface area contributed by atoms with E-state index in [9.17, 15) is 13.6 Å². The Balaban J connectivity index is 1.60. The van der Waals surface area contributed by atoms with Crippen molar-refractivity contribution in [3.63, 3.8) is 0 Å². The molecule has 1 amide bonds. The molecule has 0 saturated carbocycles. The van der Waals surface area contributed by atoms with Crippen LogP contribution in [0.25, 0.3) is 5.69 Å². The smallest absolute Gasteiger partial charge is 0.257 e. The van der Waals surface area contributed by atoms with Crippen molar-refractivity contribution in [3.05, 3.63) is 107 Å². The van der Waals surface area contributed by atoms with Gasteiger partial charge in [0.2, 0.25) is 5.88 Å². The molecule has 1 saturated heterocycles.